The monoisotopic (exact) mass is 197 g/mol. The lowest BCUT2D eigenvalue weighted by molar-refractivity contribution is 0.475. The van der Waals surface area contributed by atoms with Crippen molar-refractivity contribution in [2.75, 3.05) is 0 Å². The van der Waals surface area contributed by atoms with Crippen LogP contribution < -0.4 is 5.73 Å². The molecule has 0 amide bonds. The maximum Gasteiger partial charge on any atom is 0.155 e. The molecule has 2 heterocycles. The first-order chi connectivity index (χ1) is 6.22. The van der Waals surface area contributed by atoms with Gasteiger partial charge in [0.15, 0.2) is 5.15 Å². The van der Waals surface area contributed by atoms with Crippen molar-refractivity contribution >= 4 is 17.1 Å². The van der Waals surface area contributed by atoms with Gasteiger partial charge in [-0.15, -0.1) is 0 Å². The van der Waals surface area contributed by atoms with Gasteiger partial charge in [-0.3, -0.25) is 0 Å². The molecule has 0 aromatic carbocycles. The summed E-state index contributed by atoms with van der Waals surface area (Å²) in [5.41, 5.74) is 6.13. The molecule has 5 heteroatoms. The van der Waals surface area contributed by atoms with Gasteiger partial charge in [-0.25, -0.2) is 4.98 Å². The Bertz CT molecular complexity index is 452. The number of imidazole rings is 1. The predicted molar refractivity (Wildman–Crippen MR) is 49.8 cm³/mol. The Morgan fingerprint density at radius 1 is 1.62 bits per heavy atom. The van der Waals surface area contributed by atoms with Crippen molar-refractivity contribution in [1.29, 1.82) is 0 Å². The highest BCUT2D eigenvalue weighted by atomic mass is 35.5. The number of rotatable bonds is 1. The zero-order valence-corrected chi connectivity index (χ0v) is 7.49. The predicted octanol–water partition coefficient (Wildman–Crippen LogP) is 1.15. The fourth-order valence-electron chi connectivity index (χ4n) is 1.24. The normalized spacial score (nSPS) is 10.9. The van der Waals surface area contributed by atoms with Gasteiger partial charge in [0, 0.05) is 12.3 Å². The quantitative estimate of drug-likeness (QED) is 0.721. The third-order valence-corrected chi connectivity index (χ3v) is 2.12. The van der Waals surface area contributed by atoms with Crippen LogP contribution in [0.15, 0.2) is 18.3 Å². The van der Waals surface area contributed by atoms with Crippen LogP contribution in [0.1, 0.15) is 5.82 Å². The van der Waals surface area contributed by atoms with Crippen molar-refractivity contribution in [3.05, 3.63) is 29.3 Å². The standard InChI is InChI=1S/C8H8ClN3O/c9-8-6-3-5(13)1-2-12(6)7(4-10)11-8/h1-3,13H,4,10H2. The first-order valence-corrected chi connectivity index (χ1v) is 4.15. The molecule has 13 heavy (non-hydrogen) atoms. The minimum atomic E-state index is 0.165. The summed E-state index contributed by atoms with van der Waals surface area (Å²) in [7, 11) is 0. The molecule has 0 radical (unpaired) electrons. The fourth-order valence-corrected chi connectivity index (χ4v) is 1.48. The molecule has 2 aromatic rings. The van der Waals surface area contributed by atoms with Crippen LogP contribution in [0.25, 0.3) is 5.52 Å². The van der Waals surface area contributed by atoms with Gasteiger partial charge in [0.05, 0.1) is 12.1 Å². The van der Waals surface area contributed by atoms with E-state index in [0.29, 0.717) is 23.0 Å². The Balaban J connectivity index is 2.80. The molecule has 0 saturated carbocycles. The van der Waals surface area contributed by atoms with E-state index in [1.807, 2.05) is 0 Å². The molecule has 0 bridgehead atoms. The Labute approximate surface area is 79.6 Å². The van der Waals surface area contributed by atoms with E-state index in [4.69, 9.17) is 17.3 Å². The lowest BCUT2D eigenvalue weighted by Crippen LogP contribution is -2.01. The number of aromatic nitrogens is 2. The van der Waals surface area contributed by atoms with E-state index < -0.39 is 0 Å². The Kier molecular flexibility index (Phi) is 1.86. The second-order valence-electron chi connectivity index (χ2n) is 2.66. The highest BCUT2D eigenvalue weighted by Gasteiger charge is 2.07. The molecule has 3 N–H and O–H groups in total. The van der Waals surface area contributed by atoms with Crippen LogP contribution in [-0.2, 0) is 6.54 Å². The van der Waals surface area contributed by atoms with E-state index in [-0.39, 0.29) is 5.75 Å². The summed E-state index contributed by atoms with van der Waals surface area (Å²) in [6, 6.07) is 3.11. The molecule has 0 unspecified atom stereocenters. The SMILES string of the molecule is NCc1nc(Cl)c2cc(O)ccn12. The molecule has 0 spiro atoms. The summed E-state index contributed by atoms with van der Waals surface area (Å²) < 4.78 is 1.75. The van der Waals surface area contributed by atoms with Gasteiger partial charge in [-0.05, 0) is 6.07 Å². The molecule has 0 aliphatic rings. The van der Waals surface area contributed by atoms with Gasteiger partial charge < -0.3 is 15.2 Å². The topological polar surface area (TPSA) is 63.5 Å². The average Bonchev–Trinajstić information content (AvgIpc) is 2.43. The fraction of sp³-hybridized carbons (Fsp3) is 0.125. The lowest BCUT2D eigenvalue weighted by Gasteiger charge is -1.97. The minimum Gasteiger partial charge on any atom is -0.508 e. The molecule has 2 rings (SSSR count). The van der Waals surface area contributed by atoms with Gasteiger partial charge >= 0.3 is 0 Å². The highest BCUT2D eigenvalue weighted by molar-refractivity contribution is 6.32. The highest BCUT2D eigenvalue weighted by Crippen LogP contribution is 2.21. The van der Waals surface area contributed by atoms with Crippen LogP contribution in [0.3, 0.4) is 0 Å². The van der Waals surface area contributed by atoms with E-state index >= 15 is 0 Å². The molecule has 0 atom stereocenters. The lowest BCUT2D eigenvalue weighted by atomic mass is 10.4. The van der Waals surface area contributed by atoms with Crippen LogP contribution in [0.2, 0.25) is 5.15 Å². The summed E-state index contributed by atoms with van der Waals surface area (Å²) >= 11 is 5.83. The Hall–Kier alpha value is -1.26. The summed E-state index contributed by atoms with van der Waals surface area (Å²) in [5, 5.41) is 9.56. The summed E-state index contributed by atoms with van der Waals surface area (Å²) in [5.74, 6) is 0.845. The summed E-state index contributed by atoms with van der Waals surface area (Å²) in [6.45, 7) is 0.318. The largest absolute Gasteiger partial charge is 0.508 e. The zero-order valence-electron chi connectivity index (χ0n) is 6.74. The van der Waals surface area contributed by atoms with Crippen molar-refractivity contribution < 1.29 is 5.11 Å². The van der Waals surface area contributed by atoms with Gasteiger partial charge in [0.25, 0.3) is 0 Å². The maximum atomic E-state index is 9.21. The van der Waals surface area contributed by atoms with E-state index in [0.717, 1.165) is 0 Å². The molecule has 0 saturated heterocycles. The van der Waals surface area contributed by atoms with E-state index in [2.05, 4.69) is 4.98 Å². The smallest absolute Gasteiger partial charge is 0.155 e. The molecule has 68 valence electrons. The molecule has 0 aliphatic heterocycles. The van der Waals surface area contributed by atoms with Gasteiger partial charge in [0.1, 0.15) is 11.6 Å². The third-order valence-electron chi connectivity index (χ3n) is 1.84. The van der Waals surface area contributed by atoms with E-state index in [9.17, 15) is 5.11 Å². The van der Waals surface area contributed by atoms with Gasteiger partial charge in [-0.2, -0.15) is 0 Å². The average molecular weight is 198 g/mol. The van der Waals surface area contributed by atoms with Crippen molar-refractivity contribution in [2.24, 2.45) is 5.73 Å². The summed E-state index contributed by atoms with van der Waals surface area (Å²) in [4.78, 5) is 4.04. The van der Waals surface area contributed by atoms with Crippen molar-refractivity contribution in [2.45, 2.75) is 6.54 Å². The molecular formula is C8H8ClN3O. The van der Waals surface area contributed by atoms with Crippen molar-refractivity contribution in [3.8, 4) is 5.75 Å². The number of hydrogen-bond donors (Lipinski definition) is 2. The van der Waals surface area contributed by atoms with Crippen molar-refractivity contribution in [1.82, 2.24) is 9.38 Å². The van der Waals surface area contributed by atoms with Crippen LogP contribution in [0.5, 0.6) is 5.75 Å². The number of halogens is 1. The number of fused-ring (bicyclic) bond motifs is 1. The first-order valence-electron chi connectivity index (χ1n) is 3.78. The maximum absolute atomic E-state index is 9.21. The van der Waals surface area contributed by atoms with E-state index in [1.165, 1.54) is 0 Å². The van der Waals surface area contributed by atoms with Crippen LogP contribution in [0.4, 0.5) is 0 Å². The molecule has 0 fully saturated rings. The molecular weight excluding hydrogens is 190 g/mol. The van der Waals surface area contributed by atoms with Crippen molar-refractivity contribution in [3.63, 3.8) is 0 Å². The first kappa shape index (κ1) is 8.34. The Morgan fingerprint density at radius 3 is 3.08 bits per heavy atom. The molecule has 0 aliphatic carbocycles. The number of pyridine rings is 1. The van der Waals surface area contributed by atoms with Gasteiger partial charge in [0.2, 0.25) is 0 Å². The second kappa shape index (κ2) is 2.90. The van der Waals surface area contributed by atoms with Gasteiger partial charge in [-0.1, -0.05) is 11.6 Å². The zero-order chi connectivity index (χ0) is 9.42. The Morgan fingerprint density at radius 2 is 2.38 bits per heavy atom. The third kappa shape index (κ3) is 1.24. The second-order valence-corrected chi connectivity index (χ2v) is 3.02. The number of nitrogens with zero attached hydrogens (tertiary/aromatic N) is 2. The number of hydrogen-bond acceptors (Lipinski definition) is 3. The number of nitrogens with two attached hydrogens (primary N) is 1. The summed E-state index contributed by atoms with van der Waals surface area (Å²) in [6.07, 6.45) is 1.69. The minimum absolute atomic E-state index is 0.165. The van der Waals surface area contributed by atoms with E-state index in [1.54, 1.807) is 22.7 Å². The van der Waals surface area contributed by atoms with Crippen LogP contribution >= 0.6 is 11.6 Å². The molecule has 2 aromatic heterocycles. The number of aromatic hydroxyl groups is 1. The van der Waals surface area contributed by atoms with Crippen LogP contribution in [-0.4, -0.2) is 14.5 Å². The van der Waals surface area contributed by atoms with Crippen LogP contribution in [0, 0.1) is 0 Å². The molecule has 4 nitrogen and oxygen atoms in total.